The Morgan fingerprint density at radius 1 is 1.09 bits per heavy atom. The van der Waals surface area contributed by atoms with Crippen LogP contribution in [0.25, 0.3) is 0 Å². The van der Waals surface area contributed by atoms with Crippen molar-refractivity contribution >= 4 is 39.1 Å². The zero-order valence-corrected chi connectivity index (χ0v) is 22.7. The minimum Gasteiger partial charge on any atom is -0.355 e. The summed E-state index contributed by atoms with van der Waals surface area (Å²) in [7, 11) is -3.54. The lowest BCUT2D eigenvalue weighted by atomic mass is 10.1. The highest BCUT2D eigenvalue weighted by Crippen LogP contribution is 2.25. The lowest BCUT2D eigenvalue weighted by molar-refractivity contribution is -0.141. The molecule has 192 valence electrons. The molecule has 0 bridgehead atoms. The van der Waals surface area contributed by atoms with E-state index in [1.165, 1.54) is 10.6 Å². The van der Waals surface area contributed by atoms with Crippen LogP contribution in [0.2, 0.25) is 5.02 Å². The van der Waals surface area contributed by atoms with Crippen LogP contribution in [0.4, 0.5) is 5.69 Å². The summed E-state index contributed by atoms with van der Waals surface area (Å²) in [6.45, 7) is 8.28. The molecule has 2 aromatic carbocycles. The fourth-order valence-electron chi connectivity index (χ4n) is 3.99. The van der Waals surface area contributed by atoms with E-state index in [9.17, 15) is 18.0 Å². The molecule has 2 amide bonds. The number of hydrogen-bond donors (Lipinski definition) is 1. The number of anilines is 1. The predicted molar refractivity (Wildman–Crippen MR) is 142 cm³/mol. The molecular weight excluding hydrogens is 486 g/mol. The lowest BCUT2D eigenvalue weighted by Gasteiger charge is -2.31. The molecular formula is C26H36ClN3O4S. The maximum Gasteiger partial charge on any atom is 0.242 e. The predicted octanol–water partition coefficient (Wildman–Crippen LogP) is 4.45. The maximum absolute atomic E-state index is 13.4. The maximum atomic E-state index is 13.4. The van der Waals surface area contributed by atoms with Crippen LogP contribution in [-0.4, -0.2) is 50.5 Å². The number of carbonyl (C=O) groups excluding carboxylic acids is 2. The van der Waals surface area contributed by atoms with Crippen molar-refractivity contribution < 1.29 is 18.0 Å². The van der Waals surface area contributed by atoms with E-state index >= 15 is 0 Å². The third kappa shape index (κ3) is 7.97. The average Bonchev–Trinajstić information content (AvgIpc) is 2.79. The van der Waals surface area contributed by atoms with Gasteiger partial charge in [0.15, 0.2) is 0 Å². The Morgan fingerprint density at radius 2 is 1.77 bits per heavy atom. The summed E-state index contributed by atoms with van der Waals surface area (Å²) < 4.78 is 26.5. The van der Waals surface area contributed by atoms with Crippen LogP contribution in [0.1, 0.15) is 49.8 Å². The zero-order valence-electron chi connectivity index (χ0n) is 21.2. The molecule has 9 heteroatoms. The van der Waals surface area contributed by atoms with Gasteiger partial charge in [-0.2, -0.15) is 0 Å². The van der Waals surface area contributed by atoms with Gasteiger partial charge in [0.2, 0.25) is 21.8 Å². The van der Waals surface area contributed by atoms with Crippen molar-refractivity contribution in [1.29, 1.82) is 0 Å². The molecule has 0 unspecified atom stereocenters. The van der Waals surface area contributed by atoms with Crippen LogP contribution >= 0.6 is 11.6 Å². The molecule has 0 saturated heterocycles. The first kappa shape index (κ1) is 28.7. The highest BCUT2D eigenvalue weighted by atomic mass is 35.5. The standard InChI is InChI=1S/C26H36ClN3O4S/c1-6-23(26(32)28-7-2)29(18-21-11-8-9-12-22(21)27)25(31)13-10-16-30(35(5,33)34)24-17-19(3)14-15-20(24)4/h8-9,11-12,14-15,17,23H,6-7,10,13,16,18H2,1-5H3,(H,28,32)/t23-/m1/s1. The molecule has 0 spiro atoms. The van der Waals surface area contributed by atoms with Crippen molar-refractivity contribution in [3.63, 3.8) is 0 Å². The number of benzene rings is 2. The number of hydrogen-bond acceptors (Lipinski definition) is 4. The SMILES string of the molecule is CCNC(=O)[C@@H](CC)N(Cc1ccccc1Cl)C(=O)CCCN(c1cc(C)ccc1C)S(C)(=O)=O. The summed E-state index contributed by atoms with van der Waals surface area (Å²) in [5, 5.41) is 3.33. The summed E-state index contributed by atoms with van der Waals surface area (Å²) in [5.74, 6) is -0.444. The number of amides is 2. The largest absolute Gasteiger partial charge is 0.355 e. The van der Waals surface area contributed by atoms with Crippen molar-refractivity contribution in [1.82, 2.24) is 10.2 Å². The summed E-state index contributed by atoms with van der Waals surface area (Å²) in [5.41, 5.74) is 3.16. The Bertz CT molecular complexity index is 1140. The Morgan fingerprint density at radius 3 is 2.37 bits per heavy atom. The molecule has 0 fully saturated rings. The smallest absolute Gasteiger partial charge is 0.242 e. The summed E-state index contributed by atoms with van der Waals surface area (Å²) >= 11 is 6.34. The zero-order chi connectivity index (χ0) is 26.2. The normalized spacial score (nSPS) is 12.2. The van der Waals surface area contributed by atoms with Gasteiger partial charge < -0.3 is 10.2 Å². The quantitative estimate of drug-likeness (QED) is 0.447. The highest BCUT2D eigenvalue weighted by Gasteiger charge is 2.29. The first-order valence-corrected chi connectivity index (χ1v) is 14.1. The fourth-order valence-corrected chi connectivity index (χ4v) is 5.20. The number of nitrogens with one attached hydrogen (secondary N) is 1. The molecule has 1 atom stereocenters. The van der Waals surface area contributed by atoms with E-state index < -0.39 is 16.1 Å². The molecule has 7 nitrogen and oxygen atoms in total. The molecule has 0 aliphatic heterocycles. The number of carbonyl (C=O) groups is 2. The van der Waals surface area contributed by atoms with Gasteiger partial charge in [-0.15, -0.1) is 0 Å². The van der Waals surface area contributed by atoms with Crippen LogP contribution in [-0.2, 0) is 26.2 Å². The lowest BCUT2D eigenvalue weighted by Crippen LogP contribution is -2.49. The number of nitrogens with zero attached hydrogens (tertiary/aromatic N) is 2. The van der Waals surface area contributed by atoms with Gasteiger partial charge in [0.25, 0.3) is 0 Å². The van der Waals surface area contributed by atoms with E-state index in [4.69, 9.17) is 11.6 Å². The number of likely N-dealkylation sites (N-methyl/N-ethyl adjacent to an activating group) is 1. The summed E-state index contributed by atoms with van der Waals surface area (Å²) in [6.07, 6.45) is 2.02. The van der Waals surface area contributed by atoms with Crippen LogP contribution in [0, 0.1) is 13.8 Å². The van der Waals surface area contributed by atoms with E-state index in [1.54, 1.807) is 11.0 Å². The van der Waals surface area contributed by atoms with E-state index in [0.29, 0.717) is 30.1 Å². The molecule has 2 aromatic rings. The molecule has 2 rings (SSSR count). The van der Waals surface area contributed by atoms with Crippen LogP contribution in [0.15, 0.2) is 42.5 Å². The Hall–Kier alpha value is -2.58. The Kier molecular flexibility index (Phi) is 10.6. The van der Waals surface area contributed by atoms with E-state index in [2.05, 4.69) is 5.32 Å². The first-order valence-electron chi connectivity index (χ1n) is 11.8. The topological polar surface area (TPSA) is 86.8 Å². The molecule has 0 heterocycles. The van der Waals surface area contributed by atoms with Gasteiger partial charge in [-0.3, -0.25) is 13.9 Å². The minimum absolute atomic E-state index is 0.0945. The second kappa shape index (κ2) is 12.9. The van der Waals surface area contributed by atoms with Gasteiger partial charge in [0.05, 0.1) is 11.9 Å². The summed E-state index contributed by atoms with van der Waals surface area (Å²) in [6, 6.07) is 12.2. The third-order valence-electron chi connectivity index (χ3n) is 5.82. The minimum atomic E-state index is -3.54. The van der Waals surface area contributed by atoms with Gasteiger partial charge >= 0.3 is 0 Å². The van der Waals surface area contributed by atoms with Gasteiger partial charge in [0, 0.05) is 31.1 Å². The molecule has 0 aliphatic rings. The molecule has 0 saturated carbocycles. The molecule has 35 heavy (non-hydrogen) atoms. The van der Waals surface area contributed by atoms with Crippen molar-refractivity contribution in [3.8, 4) is 0 Å². The highest BCUT2D eigenvalue weighted by molar-refractivity contribution is 7.92. The van der Waals surface area contributed by atoms with Gasteiger partial charge in [-0.05, 0) is 62.4 Å². The van der Waals surface area contributed by atoms with E-state index in [1.807, 2.05) is 64.1 Å². The second-order valence-electron chi connectivity index (χ2n) is 8.66. The average molecular weight is 522 g/mol. The molecule has 0 radical (unpaired) electrons. The van der Waals surface area contributed by atoms with Gasteiger partial charge in [-0.25, -0.2) is 8.42 Å². The van der Waals surface area contributed by atoms with Crippen molar-refractivity contribution in [2.75, 3.05) is 23.7 Å². The van der Waals surface area contributed by atoms with Crippen molar-refractivity contribution in [2.24, 2.45) is 0 Å². The van der Waals surface area contributed by atoms with Crippen molar-refractivity contribution in [3.05, 3.63) is 64.2 Å². The Balaban J connectivity index is 2.25. The Labute approximate surface area is 214 Å². The first-order chi connectivity index (χ1) is 16.5. The molecule has 1 N–H and O–H groups in total. The van der Waals surface area contributed by atoms with Gasteiger partial charge in [-0.1, -0.05) is 48.9 Å². The van der Waals surface area contributed by atoms with Crippen LogP contribution < -0.4 is 9.62 Å². The fraction of sp³-hybridized carbons (Fsp3) is 0.462. The second-order valence-corrected chi connectivity index (χ2v) is 11.0. The molecule has 0 aromatic heterocycles. The number of halogens is 1. The van der Waals surface area contributed by atoms with Crippen molar-refractivity contribution in [2.45, 2.75) is 59.5 Å². The summed E-state index contributed by atoms with van der Waals surface area (Å²) in [4.78, 5) is 27.7. The number of aryl methyl sites for hydroxylation is 2. The van der Waals surface area contributed by atoms with Gasteiger partial charge in [0.1, 0.15) is 6.04 Å². The third-order valence-corrected chi connectivity index (χ3v) is 7.37. The molecule has 0 aliphatic carbocycles. The van der Waals surface area contributed by atoms with E-state index in [-0.39, 0.29) is 31.3 Å². The van der Waals surface area contributed by atoms with Crippen LogP contribution in [0.3, 0.4) is 0 Å². The monoisotopic (exact) mass is 521 g/mol. The number of sulfonamides is 1. The number of rotatable bonds is 12. The van der Waals surface area contributed by atoms with Crippen LogP contribution in [0.5, 0.6) is 0 Å². The van der Waals surface area contributed by atoms with E-state index in [0.717, 1.165) is 16.7 Å².